The molecule has 0 aromatic carbocycles. The van der Waals surface area contributed by atoms with Crippen LogP contribution in [0.4, 0.5) is 0 Å². The fourth-order valence-electron chi connectivity index (χ4n) is 4.83. The molecule has 13 nitrogen and oxygen atoms in total. The van der Waals surface area contributed by atoms with Gasteiger partial charge >= 0.3 is 5.97 Å². The summed E-state index contributed by atoms with van der Waals surface area (Å²) >= 11 is 0. The topological polar surface area (TPSA) is 161 Å². The van der Waals surface area contributed by atoms with Crippen molar-refractivity contribution in [1.82, 2.24) is 0 Å². The van der Waals surface area contributed by atoms with Crippen molar-refractivity contribution < 1.29 is 62.7 Å². The molecule has 1 saturated heterocycles. The summed E-state index contributed by atoms with van der Waals surface area (Å²) in [6, 6.07) is 0. The van der Waals surface area contributed by atoms with E-state index >= 15 is 0 Å². The average molecular weight is 655 g/mol. The molecular weight excluding hydrogens is 592 g/mol. The molecule has 0 aromatic heterocycles. The van der Waals surface area contributed by atoms with Gasteiger partial charge in [0.1, 0.15) is 31.0 Å². The van der Waals surface area contributed by atoms with Gasteiger partial charge in [-0.1, -0.05) is 58.3 Å². The quantitative estimate of drug-likeness (QED) is 0.0684. The van der Waals surface area contributed by atoms with Crippen LogP contribution in [0.5, 0.6) is 0 Å². The van der Waals surface area contributed by atoms with Gasteiger partial charge in [-0.3, -0.25) is 4.79 Å². The summed E-state index contributed by atoms with van der Waals surface area (Å²) in [5.74, 6) is -0.185. The Kier molecular flexibility index (Phi) is 29.5. The molecule has 1 fully saturated rings. The first-order valence-corrected chi connectivity index (χ1v) is 16.9. The Morgan fingerprint density at radius 3 is 1.93 bits per heavy atom. The molecule has 0 aliphatic carbocycles. The summed E-state index contributed by atoms with van der Waals surface area (Å²) in [5, 5.41) is 27.1. The van der Waals surface area contributed by atoms with Crippen LogP contribution in [0.1, 0.15) is 71.1 Å². The van der Waals surface area contributed by atoms with Crippen molar-refractivity contribution in [2.45, 2.75) is 95.5 Å². The molecular formula is C32H62O13. The lowest BCUT2D eigenvalue weighted by Crippen LogP contribution is -2.45. The molecule has 45 heavy (non-hydrogen) atoms. The van der Waals surface area contributed by atoms with Gasteiger partial charge < -0.3 is 58.0 Å². The number of ether oxygens (including phenoxy) is 9. The van der Waals surface area contributed by atoms with Gasteiger partial charge in [-0.2, -0.15) is 0 Å². The molecule has 3 N–H and O–H groups in total. The maximum Gasteiger partial charge on any atom is 0.305 e. The fraction of sp³-hybridized carbons (Fsp3) is 0.969. The second-order valence-electron chi connectivity index (χ2n) is 10.8. The van der Waals surface area contributed by atoms with Gasteiger partial charge in [-0.05, 0) is 6.42 Å². The number of aliphatic hydroxyl groups is 3. The van der Waals surface area contributed by atoms with Gasteiger partial charge in [-0.25, -0.2) is 0 Å². The number of carbonyl (C=O) groups is 1. The Bertz CT molecular complexity index is 642. The van der Waals surface area contributed by atoms with Gasteiger partial charge in [0.05, 0.1) is 99.1 Å². The van der Waals surface area contributed by atoms with Crippen molar-refractivity contribution in [3.63, 3.8) is 0 Å². The van der Waals surface area contributed by atoms with Crippen LogP contribution in [0, 0.1) is 0 Å². The lowest BCUT2D eigenvalue weighted by atomic mass is 10.1. The summed E-state index contributed by atoms with van der Waals surface area (Å²) in [6.45, 7) is 5.18. The average Bonchev–Trinajstić information content (AvgIpc) is 3.45. The second kappa shape index (κ2) is 31.6. The largest absolute Gasteiger partial charge is 0.463 e. The monoisotopic (exact) mass is 654 g/mol. The minimum absolute atomic E-state index is 0.0722. The summed E-state index contributed by atoms with van der Waals surface area (Å²) < 4.78 is 51.1. The SMILES string of the molecule is CCCCCCCCCCCC(=O)OCCOCCOCC(OCCOCCO)[C@H]1OC[C@@H](OCCO)[C@@H]1OCCOCCO. The zero-order chi connectivity index (χ0) is 32.6. The molecule has 1 aliphatic rings. The maximum absolute atomic E-state index is 12.0. The van der Waals surface area contributed by atoms with Gasteiger partial charge in [-0.15, -0.1) is 0 Å². The van der Waals surface area contributed by atoms with Crippen LogP contribution in [0.3, 0.4) is 0 Å². The molecule has 1 heterocycles. The van der Waals surface area contributed by atoms with E-state index in [0.717, 1.165) is 12.8 Å². The van der Waals surface area contributed by atoms with Crippen LogP contribution >= 0.6 is 0 Å². The third-order valence-corrected chi connectivity index (χ3v) is 7.13. The Hall–Kier alpha value is -0.970. The highest BCUT2D eigenvalue weighted by molar-refractivity contribution is 5.69. The van der Waals surface area contributed by atoms with E-state index in [1.807, 2.05) is 0 Å². The summed E-state index contributed by atoms with van der Waals surface area (Å²) in [5.41, 5.74) is 0. The predicted octanol–water partition coefficient (Wildman–Crippen LogP) is 2.05. The Morgan fingerprint density at radius 2 is 1.24 bits per heavy atom. The van der Waals surface area contributed by atoms with Gasteiger partial charge in [0.2, 0.25) is 0 Å². The number of esters is 1. The molecule has 1 aliphatic heterocycles. The highest BCUT2D eigenvalue weighted by Gasteiger charge is 2.44. The van der Waals surface area contributed by atoms with E-state index in [9.17, 15) is 9.90 Å². The van der Waals surface area contributed by atoms with E-state index < -0.39 is 24.4 Å². The molecule has 13 heteroatoms. The number of hydrogen-bond donors (Lipinski definition) is 3. The minimum Gasteiger partial charge on any atom is -0.463 e. The minimum atomic E-state index is -0.518. The van der Waals surface area contributed by atoms with E-state index in [4.69, 9.17) is 52.8 Å². The molecule has 0 aromatic rings. The van der Waals surface area contributed by atoms with E-state index in [-0.39, 0.29) is 85.3 Å². The number of rotatable bonds is 34. The predicted molar refractivity (Wildman–Crippen MR) is 166 cm³/mol. The van der Waals surface area contributed by atoms with Crippen molar-refractivity contribution in [1.29, 1.82) is 0 Å². The van der Waals surface area contributed by atoms with Crippen molar-refractivity contribution >= 4 is 5.97 Å². The van der Waals surface area contributed by atoms with E-state index in [1.54, 1.807) is 0 Å². The summed E-state index contributed by atoms with van der Waals surface area (Å²) in [4.78, 5) is 12.0. The lowest BCUT2D eigenvalue weighted by Gasteiger charge is -2.29. The van der Waals surface area contributed by atoms with Crippen molar-refractivity contribution in [2.24, 2.45) is 0 Å². The van der Waals surface area contributed by atoms with E-state index in [1.165, 1.54) is 44.9 Å². The van der Waals surface area contributed by atoms with Crippen LogP contribution in [-0.4, -0.2) is 151 Å². The second-order valence-corrected chi connectivity index (χ2v) is 10.8. The number of hydrogen-bond acceptors (Lipinski definition) is 13. The number of aliphatic hydroxyl groups excluding tert-OH is 3. The van der Waals surface area contributed by atoms with Crippen LogP contribution in [0.15, 0.2) is 0 Å². The third kappa shape index (κ3) is 23.1. The molecule has 1 unspecified atom stereocenters. The standard InChI is InChI=1S/C32H62O13/c1-2-3-4-5-6-7-8-9-10-11-30(36)43-24-21-39-18-19-40-26-28(42-23-20-37-15-12-33)32-31(44-25-22-38-16-13-34)29(27-45-32)41-17-14-35/h28-29,31-35H,2-27H2,1H3/t28?,29-,31+,32-/m1/s1. The highest BCUT2D eigenvalue weighted by atomic mass is 16.6. The van der Waals surface area contributed by atoms with Crippen LogP contribution in [0.25, 0.3) is 0 Å². The van der Waals surface area contributed by atoms with Crippen molar-refractivity contribution in [3.05, 3.63) is 0 Å². The first-order chi connectivity index (χ1) is 22.2. The zero-order valence-electron chi connectivity index (χ0n) is 27.6. The summed E-state index contributed by atoms with van der Waals surface area (Å²) in [6.07, 6.45) is 9.35. The highest BCUT2D eigenvalue weighted by Crippen LogP contribution is 2.25. The third-order valence-electron chi connectivity index (χ3n) is 7.13. The molecule has 0 spiro atoms. The number of carbonyl (C=O) groups excluding carboxylic acids is 1. The normalized spacial score (nSPS) is 18.9. The van der Waals surface area contributed by atoms with E-state index in [0.29, 0.717) is 32.8 Å². The Labute approximate surface area is 270 Å². The van der Waals surface area contributed by atoms with Crippen LogP contribution < -0.4 is 0 Å². The van der Waals surface area contributed by atoms with Crippen molar-refractivity contribution in [2.75, 3.05) is 106 Å². The van der Waals surface area contributed by atoms with Gasteiger partial charge in [0.15, 0.2) is 0 Å². The zero-order valence-corrected chi connectivity index (χ0v) is 27.6. The Morgan fingerprint density at radius 1 is 0.667 bits per heavy atom. The van der Waals surface area contributed by atoms with Crippen molar-refractivity contribution in [3.8, 4) is 0 Å². The van der Waals surface area contributed by atoms with Gasteiger partial charge in [0.25, 0.3) is 0 Å². The van der Waals surface area contributed by atoms with Crippen LogP contribution in [-0.2, 0) is 47.4 Å². The molecule has 1 rings (SSSR count). The summed E-state index contributed by atoms with van der Waals surface area (Å²) in [7, 11) is 0. The molecule has 0 amide bonds. The number of unbranched alkanes of at least 4 members (excludes halogenated alkanes) is 8. The first kappa shape index (κ1) is 42.1. The maximum atomic E-state index is 12.0. The fourth-order valence-corrected chi connectivity index (χ4v) is 4.83. The van der Waals surface area contributed by atoms with Crippen LogP contribution in [0.2, 0.25) is 0 Å². The van der Waals surface area contributed by atoms with Gasteiger partial charge in [0, 0.05) is 6.42 Å². The first-order valence-electron chi connectivity index (χ1n) is 16.9. The smallest absolute Gasteiger partial charge is 0.305 e. The lowest BCUT2D eigenvalue weighted by molar-refractivity contribution is -0.146. The molecule has 4 atom stereocenters. The molecule has 0 radical (unpaired) electrons. The van der Waals surface area contributed by atoms with E-state index in [2.05, 4.69) is 6.92 Å². The molecule has 268 valence electrons. The Balaban J connectivity index is 2.34. The molecule has 0 saturated carbocycles. The molecule has 0 bridgehead atoms.